The van der Waals surface area contributed by atoms with E-state index in [-0.39, 0.29) is 44.6 Å². The minimum Gasteiger partial charge on any atom is -0.414 e. The molecule has 0 radical (unpaired) electrons. The minimum atomic E-state index is -2.36. The Bertz CT molecular complexity index is 1460. The van der Waals surface area contributed by atoms with Gasteiger partial charge in [-0.1, -0.05) is 62.3 Å². The van der Waals surface area contributed by atoms with Crippen LogP contribution in [0.15, 0.2) is 11.1 Å². The maximum absolute atomic E-state index is 13.3. The number of amides is 1. The number of carbonyl (C=O) groups excluding carboxylic acids is 1. The number of nitrogens with one attached hydrogen (secondary N) is 1. The fourth-order valence-electron chi connectivity index (χ4n) is 4.61. The van der Waals surface area contributed by atoms with Gasteiger partial charge in [0, 0.05) is 0 Å². The molecule has 248 valence electrons. The van der Waals surface area contributed by atoms with Crippen LogP contribution in [0.2, 0.25) is 54.4 Å². The number of aromatic nitrogens is 4. The largest absolute Gasteiger partial charge is 0.414 e. The molecule has 0 unspecified atom stereocenters. The molecule has 1 fully saturated rings. The molecule has 0 saturated carbocycles. The molecule has 4 heterocycles. The van der Waals surface area contributed by atoms with Crippen molar-refractivity contribution in [2.45, 2.75) is 148 Å². The normalized spacial score (nSPS) is 23.8. The molecule has 2 aliphatic heterocycles. The number of nitrogens with zero attached hydrogens (tertiary/aromatic N) is 4. The zero-order valence-corrected chi connectivity index (χ0v) is 32.5. The molecule has 0 spiro atoms. The first kappa shape index (κ1) is 35.2. The molecule has 14 heteroatoms. The van der Waals surface area contributed by atoms with Crippen LogP contribution in [0.4, 0.5) is 5.95 Å². The Balaban J connectivity index is 1.86. The second kappa shape index (κ2) is 11.2. The highest BCUT2D eigenvalue weighted by Gasteiger charge is 2.55. The van der Waals surface area contributed by atoms with Crippen molar-refractivity contribution in [3.05, 3.63) is 16.7 Å². The van der Waals surface area contributed by atoms with E-state index in [0.717, 1.165) is 0 Å². The van der Waals surface area contributed by atoms with Gasteiger partial charge in [-0.3, -0.25) is 24.0 Å². The van der Waals surface area contributed by atoms with Crippen LogP contribution in [-0.4, -0.2) is 74.9 Å². The number of hydrogen-bond donors (Lipinski definition) is 1. The predicted molar refractivity (Wildman–Crippen MR) is 182 cm³/mol. The van der Waals surface area contributed by atoms with Crippen molar-refractivity contribution in [3.8, 4) is 0 Å². The average molecular weight is 666 g/mol. The molecule has 11 nitrogen and oxygen atoms in total. The van der Waals surface area contributed by atoms with Gasteiger partial charge < -0.3 is 18.0 Å². The van der Waals surface area contributed by atoms with Gasteiger partial charge in [-0.25, -0.2) is 4.98 Å². The van der Waals surface area contributed by atoms with Gasteiger partial charge in [0.25, 0.3) is 5.56 Å². The summed E-state index contributed by atoms with van der Waals surface area (Å²) in [4.78, 5) is 34.6. The van der Waals surface area contributed by atoms with Crippen molar-refractivity contribution < 1.29 is 22.8 Å². The zero-order chi connectivity index (χ0) is 33.4. The molecular weight excluding hydrogens is 611 g/mol. The van der Waals surface area contributed by atoms with Crippen molar-refractivity contribution >= 4 is 48.0 Å². The van der Waals surface area contributed by atoms with E-state index in [1.165, 1.54) is 4.57 Å². The number of carbonyl (C=O) groups is 1. The third-order valence-electron chi connectivity index (χ3n) is 10.7. The predicted octanol–water partition coefficient (Wildman–Crippen LogP) is 6.25. The number of ether oxygens (including phenoxy) is 1. The lowest BCUT2D eigenvalue weighted by molar-refractivity contribution is -0.115. The van der Waals surface area contributed by atoms with Crippen molar-refractivity contribution in [1.82, 2.24) is 19.1 Å². The highest BCUT2D eigenvalue weighted by molar-refractivity contribution is 6.75. The fraction of sp³-hybridized carbons (Fsp3) is 0.800. The molecule has 4 rings (SSSR count). The van der Waals surface area contributed by atoms with E-state index >= 15 is 0 Å². The lowest BCUT2D eigenvalue weighted by Crippen LogP contribution is -2.54. The van der Waals surface area contributed by atoms with Crippen LogP contribution in [0.25, 0.3) is 11.2 Å². The van der Waals surface area contributed by atoms with Gasteiger partial charge >= 0.3 is 0 Å². The Morgan fingerprint density at radius 2 is 1.39 bits per heavy atom. The number of imidazole rings is 1. The molecule has 4 atom stereocenters. The van der Waals surface area contributed by atoms with E-state index in [2.05, 4.69) is 117 Å². The van der Waals surface area contributed by atoms with Crippen molar-refractivity contribution in [1.29, 1.82) is 0 Å². The minimum absolute atomic E-state index is 0.0231. The lowest BCUT2D eigenvalue weighted by Gasteiger charge is -2.44. The van der Waals surface area contributed by atoms with Crippen molar-refractivity contribution in [2.24, 2.45) is 0 Å². The van der Waals surface area contributed by atoms with E-state index in [4.69, 9.17) is 18.0 Å². The molecule has 1 saturated heterocycles. The number of hydrogen-bond acceptors (Lipinski definition) is 8. The zero-order valence-electron chi connectivity index (χ0n) is 29.5. The average Bonchev–Trinajstić information content (AvgIpc) is 3.51. The molecule has 44 heavy (non-hydrogen) atoms. The molecule has 0 aromatic carbocycles. The third-order valence-corrected chi connectivity index (χ3v) is 24.1. The summed E-state index contributed by atoms with van der Waals surface area (Å²) in [5.74, 6) is -0.0725. The molecule has 0 aliphatic carbocycles. The van der Waals surface area contributed by atoms with Gasteiger partial charge in [0.2, 0.25) is 11.9 Å². The first-order valence-corrected chi connectivity index (χ1v) is 24.4. The summed E-state index contributed by atoms with van der Waals surface area (Å²) in [6, 6.07) is 0. The highest BCUT2D eigenvalue weighted by Crippen LogP contribution is 2.47. The molecular formula is C30H55N5O6Si3. The highest BCUT2D eigenvalue weighted by atomic mass is 28.4. The summed E-state index contributed by atoms with van der Waals surface area (Å²) in [5, 5.41) is 2.60. The number of anilines is 1. The van der Waals surface area contributed by atoms with Crippen LogP contribution in [0.3, 0.4) is 0 Å². The topological polar surface area (TPSA) is 119 Å². The Hall–Kier alpha value is -1.69. The van der Waals surface area contributed by atoms with Gasteiger partial charge in [-0.2, -0.15) is 4.98 Å². The van der Waals surface area contributed by atoms with Gasteiger partial charge in [-0.05, 0) is 54.4 Å². The maximum atomic E-state index is 13.3. The molecule has 0 bridgehead atoms. The second-order valence-corrected chi connectivity index (χ2v) is 31.3. The van der Waals surface area contributed by atoms with Crippen LogP contribution >= 0.6 is 0 Å². The Labute approximate surface area is 265 Å². The molecule has 2 aromatic rings. The molecule has 1 amide bonds. The van der Waals surface area contributed by atoms with E-state index in [1.807, 2.05) is 0 Å². The fourth-order valence-corrected chi connectivity index (χ4v) is 8.23. The first-order valence-electron chi connectivity index (χ1n) is 15.7. The Kier molecular flexibility index (Phi) is 8.98. The monoisotopic (exact) mass is 665 g/mol. The first-order chi connectivity index (χ1) is 19.8. The summed E-state index contributed by atoms with van der Waals surface area (Å²) >= 11 is 0. The quantitative estimate of drug-likeness (QED) is 0.329. The molecule has 2 aromatic heterocycles. The smallest absolute Gasteiger partial charge is 0.283 e. The van der Waals surface area contributed by atoms with E-state index < -0.39 is 49.5 Å². The third kappa shape index (κ3) is 6.45. The lowest BCUT2D eigenvalue weighted by atomic mass is 10.1. The van der Waals surface area contributed by atoms with Gasteiger partial charge in [0.05, 0.1) is 12.9 Å². The molecule has 1 N–H and O–H groups in total. The van der Waals surface area contributed by atoms with Crippen molar-refractivity contribution in [2.75, 3.05) is 11.9 Å². The van der Waals surface area contributed by atoms with Crippen LogP contribution in [0, 0.1) is 0 Å². The van der Waals surface area contributed by atoms with Crippen LogP contribution in [0.5, 0.6) is 0 Å². The Morgan fingerprint density at radius 3 is 1.91 bits per heavy atom. The summed E-state index contributed by atoms with van der Waals surface area (Å²) < 4.78 is 31.2. The summed E-state index contributed by atoms with van der Waals surface area (Å²) in [6.45, 7) is 33.7. The summed E-state index contributed by atoms with van der Waals surface area (Å²) in [7, 11) is -6.81. The standard InChI is InChI=1S/C30H55N5O6Si3/c1-28(2,3)42(10,11)38-17-19-22(40-43(12,13)29(4,5)6)23(41-44(14,15)30(7,8)9)26(39-19)35-18-31-21-24(35)33-27-32-20(36)16-34(27)25(21)37/h18-19,22-23,26H,16-17H2,1-15H3,(H,32,33,36)/t19-,22-,23-,26-/m1/s1. The van der Waals surface area contributed by atoms with Crippen molar-refractivity contribution in [3.63, 3.8) is 0 Å². The van der Waals surface area contributed by atoms with E-state index in [0.29, 0.717) is 12.3 Å². The summed E-state index contributed by atoms with van der Waals surface area (Å²) in [5.41, 5.74) is 0.158. The maximum Gasteiger partial charge on any atom is 0.283 e. The SMILES string of the molecule is CC(C)(C)[Si](C)(C)OC[C@H]1O[C@@H](n2cnc3c(=O)n4c(nc32)NC(=O)C4)[C@H](O[Si](C)(C)C(C)(C)C)[C@@H]1O[Si](C)(C)C(C)(C)C. The van der Waals surface area contributed by atoms with E-state index in [9.17, 15) is 9.59 Å². The summed E-state index contributed by atoms with van der Waals surface area (Å²) in [6.07, 6.45) is -0.436. The van der Waals surface area contributed by atoms with Crippen LogP contribution in [0.1, 0.15) is 68.5 Å². The number of rotatable bonds is 8. The van der Waals surface area contributed by atoms with Crippen LogP contribution < -0.4 is 10.9 Å². The number of fused-ring (bicyclic) bond motifs is 2. The Morgan fingerprint density at radius 1 is 0.864 bits per heavy atom. The van der Waals surface area contributed by atoms with Crippen LogP contribution in [-0.2, 0) is 29.4 Å². The van der Waals surface area contributed by atoms with E-state index in [1.54, 1.807) is 10.9 Å². The molecule has 2 aliphatic rings. The van der Waals surface area contributed by atoms with Gasteiger partial charge in [0.15, 0.2) is 42.3 Å². The second-order valence-electron chi connectivity index (χ2n) is 17.0. The van der Waals surface area contributed by atoms with Gasteiger partial charge in [0.1, 0.15) is 24.9 Å². The van der Waals surface area contributed by atoms with Gasteiger partial charge in [-0.15, -0.1) is 0 Å².